The van der Waals surface area contributed by atoms with Crippen LogP contribution in [0.15, 0.2) is 23.5 Å². The molecular formula is C8H11ClN2O2. The third-order valence-electron chi connectivity index (χ3n) is 1.42. The van der Waals surface area contributed by atoms with Crippen LogP contribution in [0.25, 0.3) is 0 Å². The van der Waals surface area contributed by atoms with Gasteiger partial charge in [-0.25, -0.2) is 0 Å². The number of rotatable bonds is 2. The van der Waals surface area contributed by atoms with Gasteiger partial charge in [0.2, 0.25) is 0 Å². The summed E-state index contributed by atoms with van der Waals surface area (Å²) in [5, 5.41) is 20.3. The minimum atomic E-state index is 0. The monoisotopic (exact) mass is 202 g/mol. The van der Waals surface area contributed by atoms with Crippen molar-refractivity contribution in [2.24, 2.45) is 5.16 Å². The van der Waals surface area contributed by atoms with Gasteiger partial charge in [-0.1, -0.05) is 5.16 Å². The molecule has 0 unspecified atom stereocenters. The number of hydrogen-bond acceptors (Lipinski definition) is 4. The van der Waals surface area contributed by atoms with Gasteiger partial charge >= 0.3 is 0 Å². The number of aromatic hydroxyl groups is 1. The van der Waals surface area contributed by atoms with Crippen molar-refractivity contribution < 1.29 is 10.3 Å². The van der Waals surface area contributed by atoms with Crippen LogP contribution in [0.2, 0.25) is 0 Å². The van der Waals surface area contributed by atoms with E-state index in [0.717, 1.165) is 5.69 Å². The molecule has 1 aromatic rings. The number of hydrogen-bond donors (Lipinski definition) is 2. The Morgan fingerprint density at radius 1 is 1.54 bits per heavy atom. The first-order chi connectivity index (χ1) is 5.72. The third kappa shape index (κ3) is 3.75. The fourth-order valence-corrected chi connectivity index (χ4v) is 0.819. The second kappa shape index (κ2) is 5.37. The Morgan fingerprint density at radius 3 is 2.69 bits per heavy atom. The zero-order valence-corrected chi connectivity index (χ0v) is 7.95. The van der Waals surface area contributed by atoms with Gasteiger partial charge in [-0.05, 0) is 19.1 Å². The Morgan fingerprint density at radius 2 is 2.23 bits per heavy atom. The summed E-state index contributed by atoms with van der Waals surface area (Å²) in [5.74, 6) is 0.136. The molecule has 0 radical (unpaired) electrons. The maximum absolute atomic E-state index is 8.91. The molecule has 72 valence electrons. The molecule has 0 aliphatic carbocycles. The van der Waals surface area contributed by atoms with Gasteiger partial charge in [0.25, 0.3) is 0 Å². The summed E-state index contributed by atoms with van der Waals surface area (Å²) in [7, 11) is 0. The van der Waals surface area contributed by atoms with Gasteiger partial charge in [0.1, 0.15) is 5.75 Å². The molecule has 0 saturated heterocycles. The van der Waals surface area contributed by atoms with Crippen molar-refractivity contribution in [2.45, 2.75) is 13.3 Å². The molecular weight excluding hydrogens is 192 g/mol. The van der Waals surface area contributed by atoms with Crippen LogP contribution < -0.4 is 0 Å². The molecule has 0 aliphatic heterocycles. The van der Waals surface area contributed by atoms with Crippen LogP contribution in [0, 0.1) is 0 Å². The fraction of sp³-hybridized carbons (Fsp3) is 0.250. The number of pyridine rings is 1. The summed E-state index contributed by atoms with van der Waals surface area (Å²) in [6.45, 7) is 1.70. The van der Waals surface area contributed by atoms with Crippen molar-refractivity contribution in [3.63, 3.8) is 0 Å². The maximum atomic E-state index is 8.91. The maximum Gasteiger partial charge on any atom is 0.133 e. The van der Waals surface area contributed by atoms with Crippen molar-refractivity contribution in [3.8, 4) is 5.75 Å². The van der Waals surface area contributed by atoms with Crippen LogP contribution in [-0.4, -0.2) is 21.0 Å². The van der Waals surface area contributed by atoms with Gasteiger partial charge in [0, 0.05) is 12.1 Å². The predicted octanol–water partition coefficient (Wildman–Crippen LogP) is 1.60. The topological polar surface area (TPSA) is 65.7 Å². The van der Waals surface area contributed by atoms with Gasteiger partial charge in [-0.3, -0.25) is 4.98 Å². The van der Waals surface area contributed by atoms with E-state index in [1.807, 2.05) is 0 Å². The van der Waals surface area contributed by atoms with Crippen LogP contribution in [0.4, 0.5) is 0 Å². The van der Waals surface area contributed by atoms with E-state index in [1.54, 1.807) is 19.1 Å². The van der Waals surface area contributed by atoms with E-state index >= 15 is 0 Å². The van der Waals surface area contributed by atoms with Crippen molar-refractivity contribution in [1.82, 2.24) is 4.98 Å². The number of aromatic nitrogens is 1. The number of nitrogens with zero attached hydrogens (tertiary/aromatic N) is 2. The Balaban J connectivity index is 0.00000144. The van der Waals surface area contributed by atoms with Gasteiger partial charge in [0.05, 0.1) is 11.9 Å². The van der Waals surface area contributed by atoms with Crippen molar-refractivity contribution >= 4 is 18.1 Å². The Bertz CT molecular complexity index is 285. The van der Waals surface area contributed by atoms with Crippen LogP contribution in [0.1, 0.15) is 12.6 Å². The first-order valence-corrected chi connectivity index (χ1v) is 3.54. The molecule has 0 atom stereocenters. The summed E-state index contributed by atoms with van der Waals surface area (Å²) in [6.07, 6.45) is 1.86. The number of halogens is 1. The van der Waals surface area contributed by atoms with Crippen molar-refractivity contribution in [1.29, 1.82) is 0 Å². The first kappa shape index (κ1) is 11.7. The fourth-order valence-electron chi connectivity index (χ4n) is 0.819. The smallest absolute Gasteiger partial charge is 0.133 e. The van der Waals surface area contributed by atoms with Gasteiger partial charge in [-0.15, -0.1) is 12.4 Å². The summed E-state index contributed by atoms with van der Waals surface area (Å²) >= 11 is 0. The molecule has 2 N–H and O–H groups in total. The Hall–Kier alpha value is -1.29. The zero-order valence-electron chi connectivity index (χ0n) is 7.14. The summed E-state index contributed by atoms with van der Waals surface area (Å²) in [6, 6.07) is 3.23. The van der Waals surface area contributed by atoms with Crippen LogP contribution in [0.5, 0.6) is 5.75 Å². The second-order valence-corrected chi connectivity index (χ2v) is 2.52. The van der Waals surface area contributed by atoms with E-state index in [0.29, 0.717) is 12.1 Å². The lowest BCUT2D eigenvalue weighted by Crippen LogP contribution is -1.99. The third-order valence-corrected chi connectivity index (χ3v) is 1.42. The van der Waals surface area contributed by atoms with Crippen molar-refractivity contribution in [3.05, 3.63) is 24.0 Å². The zero-order chi connectivity index (χ0) is 8.97. The normalized spacial score (nSPS) is 10.7. The molecule has 0 aliphatic rings. The van der Waals surface area contributed by atoms with Crippen LogP contribution in [-0.2, 0) is 6.42 Å². The largest absolute Gasteiger partial charge is 0.506 e. The quantitative estimate of drug-likeness (QED) is 0.435. The highest BCUT2D eigenvalue weighted by molar-refractivity contribution is 5.85. The average molecular weight is 203 g/mol. The minimum absolute atomic E-state index is 0. The highest BCUT2D eigenvalue weighted by atomic mass is 35.5. The average Bonchev–Trinajstić information content (AvgIpc) is 2.09. The molecule has 1 rings (SSSR count). The summed E-state index contributed by atoms with van der Waals surface area (Å²) < 4.78 is 0. The van der Waals surface area contributed by atoms with E-state index in [1.165, 1.54) is 6.20 Å². The molecule has 0 bridgehead atoms. The first-order valence-electron chi connectivity index (χ1n) is 3.54. The summed E-state index contributed by atoms with van der Waals surface area (Å²) in [5.41, 5.74) is 1.36. The molecule has 13 heavy (non-hydrogen) atoms. The van der Waals surface area contributed by atoms with Gasteiger partial charge < -0.3 is 10.3 Å². The Kier molecular flexibility index (Phi) is 4.84. The molecule has 0 spiro atoms. The van der Waals surface area contributed by atoms with Crippen LogP contribution >= 0.6 is 12.4 Å². The summed E-state index contributed by atoms with van der Waals surface area (Å²) in [4.78, 5) is 3.92. The minimum Gasteiger partial charge on any atom is -0.506 e. The van der Waals surface area contributed by atoms with Crippen molar-refractivity contribution in [2.75, 3.05) is 0 Å². The molecule has 1 heterocycles. The van der Waals surface area contributed by atoms with E-state index < -0.39 is 0 Å². The Labute approximate surface area is 82.3 Å². The standard InChI is InChI=1S/C8H10N2O2.ClH/c1-6(10-12)4-7-2-3-8(11)5-9-7;/h2-3,5,11-12H,4H2,1H3;1H. The highest BCUT2D eigenvalue weighted by Crippen LogP contribution is 2.06. The van der Waals surface area contributed by atoms with E-state index in [9.17, 15) is 0 Å². The van der Waals surface area contributed by atoms with E-state index in [-0.39, 0.29) is 18.2 Å². The molecule has 1 aromatic heterocycles. The second-order valence-electron chi connectivity index (χ2n) is 2.52. The predicted molar refractivity (Wildman–Crippen MR) is 51.7 cm³/mol. The molecule has 4 nitrogen and oxygen atoms in total. The van der Waals surface area contributed by atoms with E-state index in [2.05, 4.69) is 10.1 Å². The molecule has 0 saturated carbocycles. The lowest BCUT2D eigenvalue weighted by Gasteiger charge is -1.97. The molecule has 0 aromatic carbocycles. The molecule has 0 fully saturated rings. The highest BCUT2D eigenvalue weighted by Gasteiger charge is 1.97. The van der Waals surface area contributed by atoms with E-state index in [4.69, 9.17) is 10.3 Å². The number of oxime groups is 1. The molecule has 0 amide bonds. The molecule has 5 heteroatoms. The van der Waals surface area contributed by atoms with Gasteiger partial charge in [-0.2, -0.15) is 0 Å². The van der Waals surface area contributed by atoms with Crippen LogP contribution in [0.3, 0.4) is 0 Å². The lowest BCUT2D eigenvalue weighted by molar-refractivity contribution is 0.317. The lowest BCUT2D eigenvalue weighted by atomic mass is 10.2. The SMILES string of the molecule is CC(Cc1ccc(O)cn1)=NO.Cl. The van der Waals surface area contributed by atoms with Gasteiger partial charge in [0.15, 0.2) is 0 Å².